The molecule has 0 amide bonds. The number of allylic oxidation sites excluding steroid dienone is 2. The first-order valence-electron chi connectivity index (χ1n) is 22.2. The van der Waals surface area contributed by atoms with Gasteiger partial charge in [-0.05, 0) is 93.0 Å². The Morgan fingerprint density at radius 1 is 0.950 bits per heavy atom. The van der Waals surface area contributed by atoms with Gasteiger partial charge in [0.15, 0.2) is 18.4 Å². The quantitative estimate of drug-likeness (QED) is 0.207. The molecule has 15 atom stereocenters. The fourth-order valence-corrected chi connectivity index (χ4v) is 13.0. The molecule has 15 heteroatoms. The molecule has 2 saturated carbocycles. The number of likely N-dealkylation sites (tertiary alicyclic amines) is 1. The normalized spacial score (nSPS) is 41.3. The summed E-state index contributed by atoms with van der Waals surface area (Å²) in [4.78, 5) is 51.5. The molecule has 1 spiro atoms. The van der Waals surface area contributed by atoms with E-state index in [2.05, 4.69) is 49.0 Å². The molecule has 3 unspecified atom stereocenters. The molecule has 1 aromatic rings. The van der Waals surface area contributed by atoms with Crippen molar-refractivity contribution in [3.05, 3.63) is 34.7 Å². The largest absolute Gasteiger partial charge is 0.463 e. The lowest BCUT2D eigenvalue weighted by Crippen LogP contribution is -2.51. The highest BCUT2D eigenvalue weighted by molar-refractivity contribution is 5.68. The minimum Gasteiger partial charge on any atom is -0.463 e. The lowest BCUT2D eigenvalue weighted by Gasteiger charge is -2.49. The van der Waals surface area contributed by atoms with Crippen molar-refractivity contribution in [2.75, 3.05) is 13.2 Å². The summed E-state index contributed by atoms with van der Waals surface area (Å²) in [6, 6.07) is 0.165. The summed E-state index contributed by atoms with van der Waals surface area (Å²) >= 11 is 0. The Morgan fingerprint density at radius 2 is 1.68 bits per heavy atom. The van der Waals surface area contributed by atoms with Gasteiger partial charge in [0.25, 0.3) is 0 Å². The van der Waals surface area contributed by atoms with Gasteiger partial charge < -0.3 is 33.5 Å². The number of rotatable bonds is 8. The molecule has 0 radical (unpaired) electrons. The first-order valence-corrected chi connectivity index (χ1v) is 22.2. The first-order chi connectivity index (χ1) is 28.5. The highest BCUT2D eigenvalue weighted by Crippen LogP contribution is 2.65. The standard InChI is InChI=1S/C45H64N4O11/c1-23-15-37-41(25(3)45(60-37)14-12-33-34-10-9-30-16-32(54)11-13-44(30,8)36(34)17-35(33)24(45)2)48(19-23)20-31-21-49(47-46-31)43-39(57-28(6)52)18-38(56-27(5)51)42(58-29(7)53)40(59-43)22-55-26(4)50/h9,21,23,25,32-34,36-43,54H,10-20,22H2,1-8H3/t23-,25+,32-,33-,34?,36-,37+,38+,39?,40?,41-,42-,43+,44-,45-/m0/s1. The maximum atomic E-state index is 12.5. The zero-order chi connectivity index (χ0) is 42.8. The van der Waals surface area contributed by atoms with Crippen LogP contribution in [0, 0.1) is 35.0 Å². The Balaban J connectivity index is 1.05. The van der Waals surface area contributed by atoms with E-state index in [1.165, 1.54) is 43.5 Å². The summed E-state index contributed by atoms with van der Waals surface area (Å²) in [6.07, 6.45) is 6.69. The van der Waals surface area contributed by atoms with Crippen molar-refractivity contribution in [1.82, 2.24) is 19.9 Å². The predicted octanol–water partition coefficient (Wildman–Crippen LogP) is 5.15. The molecular weight excluding hydrogens is 773 g/mol. The molecule has 0 aromatic carbocycles. The molecule has 3 aliphatic heterocycles. The van der Waals surface area contributed by atoms with Crippen molar-refractivity contribution in [3.8, 4) is 0 Å². The Labute approximate surface area is 352 Å². The number of carbonyl (C=O) groups excluding carboxylic acids is 4. The number of aromatic nitrogens is 3. The second-order valence-corrected chi connectivity index (χ2v) is 19.3. The molecule has 1 aromatic heterocycles. The summed E-state index contributed by atoms with van der Waals surface area (Å²) in [5.74, 6) is 0.0132. The topological polar surface area (TPSA) is 178 Å². The third-order valence-corrected chi connectivity index (χ3v) is 15.5. The van der Waals surface area contributed by atoms with Crippen LogP contribution in [-0.4, -0.2) is 110 Å². The van der Waals surface area contributed by atoms with Crippen molar-refractivity contribution in [1.29, 1.82) is 0 Å². The second-order valence-electron chi connectivity index (χ2n) is 19.3. The van der Waals surface area contributed by atoms with Crippen LogP contribution in [0.4, 0.5) is 0 Å². The molecule has 1 N–H and O–H groups in total. The molecule has 5 fully saturated rings. The average molecular weight is 837 g/mol. The SMILES string of the molecule is CC(=O)OCC1O[C@@H](n2cc(CN3C[C@@H](C)C[C@H]4O[C@]5(CC[C@@H]6C(=C5C)C[C@H]5C6CC=C6C[C@@H](O)CC[C@@]65C)[C@H](C)[C@@H]43)nn2)C(OC(C)=O)C[C@@H](OC(C)=O)[C@@H]1OC(C)=O. The van der Waals surface area contributed by atoms with Crippen molar-refractivity contribution >= 4 is 23.9 Å². The van der Waals surface area contributed by atoms with Crippen molar-refractivity contribution in [2.24, 2.45) is 35.0 Å². The monoisotopic (exact) mass is 836 g/mol. The van der Waals surface area contributed by atoms with Crippen LogP contribution in [0.25, 0.3) is 0 Å². The van der Waals surface area contributed by atoms with E-state index >= 15 is 0 Å². The van der Waals surface area contributed by atoms with Crippen LogP contribution >= 0.6 is 0 Å². The Hall–Kier alpha value is -3.66. The highest BCUT2D eigenvalue weighted by atomic mass is 16.6. The number of hydrogen-bond acceptors (Lipinski definition) is 14. The molecule has 8 rings (SSSR count). The molecule has 15 nitrogen and oxygen atoms in total. The number of nitrogens with zero attached hydrogens (tertiary/aromatic N) is 4. The summed E-state index contributed by atoms with van der Waals surface area (Å²) < 4.78 is 37.6. The summed E-state index contributed by atoms with van der Waals surface area (Å²) in [7, 11) is 0. The lowest BCUT2D eigenvalue weighted by molar-refractivity contribution is -0.192. The Morgan fingerprint density at radius 3 is 2.40 bits per heavy atom. The van der Waals surface area contributed by atoms with Crippen molar-refractivity contribution in [2.45, 2.75) is 174 Å². The van der Waals surface area contributed by atoms with Gasteiger partial charge in [-0.1, -0.05) is 43.2 Å². The van der Waals surface area contributed by atoms with Crippen LogP contribution < -0.4 is 0 Å². The maximum Gasteiger partial charge on any atom is 0.303 e. The van der Waals surface area contributed by atoms with Crippen LogP contribution in [-0.2, 0) is 54.1 Å². The van der Waals surface area contributed by atoms with Crippen molar-refractivity contribution in [3.63, 3.8) is 0 Å². The van der Waals surface area contributed by atoms with Crippen LogP contribution in [0.5, 0.6) is 0 Å². The van der Waals surface area contributed by atoms with Crippen LogP contribution in [0.2, 0.25) is 0 Å². The predicted molar refractivity (Wildman–Crippen MR) is 214 cm³/mol. The minimum absolute atomic E-state index is 0.0668. The molecule has 4 heterocycles. The lowest BCUT2D eigenvalue weighted by atomic mass is 9.56. The van der Waals surface area contributed by atoms with Gasteiger partial charge in [-0.2, -0.15) is 0 Å². The van der Waals surface area contributed by atoms with E-state index in [4.69, 9.17) is 28.4 Å². The second kappa shape index (κ2) is 16.6. The zero-order valence-electron chi connectivity index (χ0n) is 36.5. The number of piperidine rings is 1. The molecule has 3 saturated heterocycles. The van der Waals surface area contributed by atoms with E-state index in [0.29, 0.717) is 35.9 Å². The number of hydrogen-bond donors (Lipinski definition) is 1. The van der Waals surface area contributed by atoms with E-state index in [1.807, 2.05) is 0 Å². The van der Waals surface area contributed by atoms with Gasteiger partial charge in [0.1, 0.15) is 18.8 Å². The van der Waals surface area contributed by atoms with Crippen LogP contribution in [0.3, 0.4) is 0 Å². The third kappa shape index (κ3) is 7.85. The summed E-state index contributed by atoms with van der Waals surface area (Å²) in [5, 5.41) is 19.6. The van der Waals surface area contributed by atoms with E-state index in [1.54, 1.807) is 11.8 Å². The number of ether oxygens (including phenoxy) is 6. The number of aliphatic hydroxyl groups is 1. The first kappa shape index (κ1) is 43.0. The molecule has 4 aliphatic carbocycles. The van der Waals surface area contributed by atoms with Gasteiger partial charge in [0, 0.05) is 59.2 Å². The molecule has 7 aliphatic rings. The number of fused-ring (bicyclic) bond motifs is 6. The third-order valence-electron chi connectivity index (χ3n) is 15.5. The number of carbonyl (C=O) groups is 4. The molecular formula is C45H64N4O11. The van der Waals surface area contributed by atoms with Crippen molar-refractivity contribution < 1.29 is 52.7 Å². The van der Waals surface area contributed by atoms with E-state index < -0.39 is 54.5 Å². The van der Waals surface area contributed by atoms with Crippen LogP contribution in [0.1, 0.15) is 125 Å². The number of aliphatic hydroxyl groups excluding tert-OH is 1. The van der Waals surface area contributed by atoms with Gasteiger partial charge in [0.05, 0.1) is 29.7 Å². The van der Waals surface area contributed by atoms with Gasteiger partial charge in [-0.25, -0.2) is 4.68 Å². The summed E-state index contributed by atoms with van der Waals surface area (Å²) in [5.41, 5.74) is 5.10. The van der Waals surface area contributed by atoms with E-state index in [-0.39, 0.29) is 48.2 Å². The number of esters is 4. The smallest absolute Gasteiger partial charge is 0.303 e. The average Bonchev–Trinajstić information content (AvgIpc) is 3.84. The van der Waals surface area contributed by atoms with E-state index in [0.717, 1.165) is 57.9 Å². The fraction of sp³-hybridized carbons (Fsp3) is 0.778. The fourth-order valence-electron chi connectivity index (χ4n) is 13.0. The van der Waals surface area contributed by atoms with Gasteiger partial charge in [-0.3, -0.25) is 24.1 Å². The Kier molecular flexibility index (Phi) is 11.9. The zero-order valence-corrected chi connectivity index (χ0v) is 36.5. The van der Waals surface area contributed by atoms with Gasteiger partial charge >= 0.3 is 23.9 Å². The molecule has 330 valence electrons. The molecule has 0 bridgehead atoms. The summed E-state index contributed by atoms with van der Waals surface area (Å²) in [6.45, 7) is 15.5. The van der Waals surface area contributed by atoms with Gasteiger partial charge in [-0.15, -0.1) is 5.10 Å². The highest BCUT2D eigenvalue weighted by Gasteiger charge is 2.62. The Bertz CT molecular complexity index is 1910. The van der Waals surface area contributed by atoms with E-state index in [9.17, 15) is 24.3 Å². The van der Waals surface area contributed by atoms with Gasteiger partial charge in [0.2, 0.25) is 0 Å². The van der Waals surface area contributed by atoms with Crippen LogP contribution in [0.15, 0.2) is 29.0 Å². The maximum absolute atomic E-state index is 12.5. The minimum atomic E-state index is -1.18. The molecule has 60 heavy (non-hydrogen) atoms.